The summed E-state index contributed by atoms with van der Waals surface area (Å²) in [6, 6.07) is -1.24. The molecule has 6 heteroatoms. The number of aliphatic carboxylic acids is 1. The van der Waals surface area contributed by atoms with E-state index in [0.717, 1.165) is 12.8 Å². The van der Waals surface area contributed by atoms with Gasteiger partial charge >= 0.3 is 5.97 Å². The number of carboxylic acids is 1. The highest BCUT2D eigenvalue weighted by molar-refractivity contribution is 6.64. The fourth-order valence-corrected chi connectivity index (χ4v) is 1.46. The van der Waals surface area contributed by atoms with E-state index in [1.165, 1.54) is 0 Å². The minimum Gasteiger partial charge on any atom is -0.480 e. The zero-order valence-electron chi connectivity index (χ0n) is 9.77. The number of carboxylic acid groups (broad SMARTS) is 1. The molecule has 0 aliphatic heterocycles. The first kappa shape index (κ1) is 18.1. The minimum absolute atomic E-state index is 0. The van der Waals surface area contributed by atoms with Crippen molar-refractivity contribution in [3.63, 3.8) is 0 Å². The molecule has 0 aliphatic carbocycles. The molecule has 0 aromatic heterocycles. The van der Waals surface area contributed by atoms with Crippen LogP contribution in [0.5, 0.6) is 0 Å². The molecule has 4 nitrogen and oxygen atoms in total. The highest BCUT2D eigenvalue weighted by Gasteiger charge is 2.27. The molecule has 0 saturated heterocycles. The van der Waals surface area contributed by atoms with Crippen molar-refractivity contribution in [2.75, 3.05) is 6.54 Å². The number of carbonyl (C=O) groups excluding carboxylic acids is 1. The first-order chi connectivity index (χ1) is 6.91. The number of nitrogens with zero attached hydrogens (tertiary/aromatic N) is 1. The van der Waals surface area contributed by atoms with Crippen molar-refractivity contribution in [1.82, 2.24) is 4.90 Å². The summed E-state index contributed by atoms with van der Waals surface area (Å²) in [5.41, 5.74) is 0. The molecule has 16 heavy (non-hydrogen) atoms. The maximum atomic E-state index is 11.0. The Morgan fingerprint density at radius 3 is 2.12 bits per heavy atom. The first-order valence-electron chi connectivity index (χ1n) is 5.09. The van der Waals surface area contributed by atoms with E-state index in [-0.39, 0.29) is 12.4 Å². The van der Waals surface area contributed by atoms with Crippen LogP contribution < -0.4 is 0 Å². The second-order valence-corrected chi connectivity index (χ2v) is 3.96. The summed E-state index contributed by atoms with van der Waals surface area (Å²) < 4.78 is 0. The lowest BCUT2D eigenvalue weighted by molar-refractivity contribution is -0.144. The van der Waals surface area contributed by atoms with Gasteiger partial charge in [0, 0.05) is 0 Å². The van der Waals surface area contributed by atoms with Gasteiger partial charge in [-0.1, -0.05) is 13.3 Å². The Kier molecular flexibility index (Phi) is 9.92. The Hall–Kier alpha value is -0.320. The van der Waals surface area contributed by atoms with Crippen LogP contribution >= 0.6 is 24.0 Å². The van der Waals surface area contributed by atoms with Crippen LogP contribution in [-0.4, -0.2) is 39.8 Å². The summed E-state index contributed by atoms with van der Waals surface area (Å²) in [6.07, 6.45) is 1.80. The van der Waals surface area contributed by atoms with E-state index in [1.54, 1.807) is 18.7 Å². The van der Waals surface area contributed by atoms with E-state index >= 15 is 0 Å². The van der Waals surface area contributed by atoms with E-state index in [2.05, 4.69) is 0 Å². The zero-order valence-corrected chi connectivity index (χ0v) is 11.3. The van der Waals surface area contributed by atoms with Gasteiger partial charge in [-0.25, -0.2) is 0 Å². The summed E-state index contributed by atoms with van der Waals surface area (Å²) >= 11 is 5.38. The number of hydrogen-bond donors (Lipinski definition) is 1. The van der Waals surface area contributed by atoms with Crippen molar-refractivity contribution < 1.29 is 14.7 Å². The molecule has 0 spiro atoms. The van der Waals surface area contributed by atoms with Crippen LogP contribution in [0.25, 0.3) is 0 Å². The lowest BCUT2D eigenvalue weighted by Gasteiger charge is -2.29. The van der Waals surface area contributed by atoms with Crippen LogP contribution in [0.1, 0.15) is 33.6 Å². The third-order valence-electron chi connectivity index (χ3n) is 2.45. The molecule has 0 amide bonds. The van der Waals surface area contributed by atoms with Crippen molar-refractivity contribution in [2.45, 2.75) is 45.7 Å². The van der Waals surface area contributed by atoms with Gasteiger partial charge in [0.1, 0.15) is 6.04 Å². The molecular weight excluding hydrogens is 253 g/mol. The summed E-state index contributed by atoms with van der Waals surface area (Å²) in [5, 5.41) is 8.37. The van der Waals surface area contributed by atoms with Gasteiger partial charge in [-0.2, -0.15) is 0 Å². The molecule has 0 bridgehead atoms. The van der Waals surface area contributed by atoms with Crippen molar-refractivity contribution in [1.29, 1.82) is 0 Å². The Bertz CT molecular complexity index is 216. The summed E-state index contributed by atoms with van der Waals surface area (Å²) in [5.74, 6) is -0.934. The summed E-state index contributed by atoms with van der Waals surface area (Å²) in [6.45, 7) is 5.78. The molecule has 0 aromatic carbocycles. The maximum Gasteiger partial charge on any atom is 0.320 e. The van der Waals surface area contributed by atoms with E-state index in [9.17, 15) is 9.59 Å². The second-order valence-electron chi connectivity index (χ2n) is 3.59. The van der Waals surface area contributed by atoms with Gasteiger partial charge in [-0.05, 0) is 38.4 Å². The average molecular weight is 272 g/mol. The molecule has 0 saturated carbocycles. The van der Waals surface area contributed by atoms with E-state index < -0.39 is 23.3 Å². The number of unbranched alkanes of at least 4 members (excludes halogenated alkanes) is 1. The fraction of sp³-hybridized carbons (Fsp3) is 0.800. The average Bonchev–Trinajstić information content (AvgIpc) is 2.17. The molecule has 0 heterocycles. The van der Waals surface area contributed by atoms with Gasteiger partial charge in [0.25, 0.3) is 0 Å². The van der Waals surface area contributed by atoms with Crippen LogP contribution in [0.4, 0.5) is 0 Å². The van der Waals surface area contributed by atoms with Crippen LogP contribution in [0.15, 0.2) is 0 Å². The molecule has 1 N–H and O–H groups in total. The predicted octanol–water partition coefficient (Wildman–Crippen LogP) is 2.14. The number of carbonyl (C=O) groups is 2. The van der Waals surface area contributed by atoms with Crippen LogP contribution in [0.2, 0.25) is 0 Å². The van der Waals surface area contributed by atoms with Gasteiger partial charge < -0.3 is 5.11 Å². The number of rotatable bonds is 7. The van der Waals surface area contributed by atoms with Gasteiger partial charge in [0.15, 0.2) is 0 Å². The minimum atomic E-state index is -0.934. The standard InChI is InChI=1S/C10H18ClNO3.ClH/c1-4-5-6-12(7(2)9(11)13)8(3)10(14)15;/h7-8H,4-6H2,1-3H3,(H,14,15);1H/t7-,8-;/m0./s1. The fourth-order valence-electron chi connectivity index (χ4n) is 1.34. The SMILES string of the molecule is CCCCN([C@@H](C)C(=O)O)[C@@H](C)C(=O)Cl.Cl. The Morgan fingerprint density at radius 1 is 1.31 bits per heavy atom. The largest absolute Gasteiger partial charge is 0.480 e. The van der Waals surface area contributed by atoms with Crippen LogP contribution in [0, 0.1) is 0 Å². The van der Waals surface area contributed by atoms with E-state index in [0.29, 0.717) is 6.54 Å². The van der Waals surface area contributed by atoms with Crippen molar-refractivity contribution in [3.05, 3.63) is 0 Å². The number of halogens is 2. The van der Waals surface area contributed by atoms with Crippen molar-refractivity contribution >= 4 is 35.2 Å². The lowest BCUT2D eigenvalue weighted by atomic mass is 10.2. The smallest absolute Gasteiger partial charge is 0.320 e. The van der Waals surface area contributed by atoms with Crippen molar-refractivity contribution in [3.8, 4) is 0 Å². The molecule has 0 rings (SSSR count). The van der Waals surface area contributed by atoms with Crippen LogP contribution in [-0.2, 0) is 9.59 Å². The van der Waals surface area contributed by atoms with Gasteiger partial charge in [0.05, 0.1) is 6.04 Å². The molecule has 0 aliphatic rings. The Labute approximate surface area is 107 Å². The monoisotopic (exact) mass is 271 g/mol. The Morgan fingerprint density at radius 2 is 1.81 bits per heavy atom. The topological polar surface area (TPSA) is 57.6 Å². The predicted molar refractivity (Wildman–Crippen MR) is 66.3 cm³/mol. The maximum absolute atomic E-state index is 11.0. The lowest BCUT2D eigenvalue weighted by Crippen LogP contribution is -2.47. The molecular formula is C10H19Cl2NO3. The highest BCUT2D eigenvalue weighted by atomic mass is 35.5. The van der Waals surface area contributed by atoms with Gasteiger partial charge in [-0.15, -0.1) is 12.4 Å². The highest BCUT2D eigenvalue weighted by Crippen LogP contribution is 2.10. The Balaban J connectivity index is 0. The molecule has 96 valence electrons. The molecule has 0 fully saturated rings. The quantitative estimate of drug-likeness (QED) is 0.721. The zero-order chi connectivity index (χ0) is 12.0. The normalized spacial score (nSPS) is 14.1. The van der Waals surface area contributed by atoms with Crippen LogP contribution in [0.3, 0.4) is 0 Å². The molecule has 0 unspecified atom stereocenters. The third kappa shape index (κ3) is 5.68. The van der Waals surface area contributed by atoms with Crippen molar-refractivity contribution in [2.24, 2.45) is 0 Å². The molecule has 0 aromatic rings. The van der Waals surface area contributed by atoms with Gasteiger partial charge in [-0.3, -0.25) is 14.5 Å². The number of hydrogen-bond acceptors (Lipinski definition) is 3. The molecule has 0 radical (unpaired) electrons. The van der Waals surface area contributed by atoms with E-state index in [1.807, 2.05) is 6.92 Å². The first-order valence-corrected chi connectivity index (χ1v) is 5.47. The van der Waals surface area contributed by atoms with E-state index in [4.69, 9.17) is 16.7 Å². The van der Waals surface area contributed by atoms with Gasteiger partial charge in [0.2, 0.25) is 5.24 Å². The molecule has 2 atom stereocenters. The second kappa shape index (κ2) is 8.79. The summed E-state index contributed by atoms with van der Waals surface area (Å²) in [4.78, 5) is 23.5. The third-order valence-corrected chi connectivity index (χ3v) is 2.77. The summed E-state index contributed by atoms with van der Waals surface area (Å²) in [7, 11) is 0.